The summed E-state index contributed by atoms with van der Waals surface area (Å²) < 4.78 is 2.23. The lowest BCUT2D eigenvalue weighted by Gasteiger charge is -2.25. The maximum atomic E-state index is 4.36. The van der Waals surface area contributed by atoms with E-state index in [4.69, 9.17) is 0 Å². The van der Waals surface area contributed by atoms with E-state index in [1.807, 2.05) is 12.3 Å². The second kappa shape index (κ2) is 4.49. The van der Waals surface area contributed by atoms with E-state index in [9.17, 15) is 0 Å². The van der Waals surface area contributed by atoms with Crippen LogP contribution in [0.25, 0.3) is 0 Å². The number of nitrogens with one attached hydrogen (secondary N) is 1. The van der Waals surface area contributed by atoms with E-state index in [2.05, 4.69) is 45.0 Å². The smallest absolute Gasteiger partial charge is 0.154 e. The molecule has 18 heavy (non-hydrogen) atoms. The van der Waals surface area contributed by atoms with Crippen molar-refractivity contribution in [1.82, 2.24) is 25.1 Å². The van der Waals surface area contributed by atoms with Gasteiger partial charge < -0.3 is 9.88 Å². The van der Waals surface area contributed by atoms with Gasteiger partial charge in [0.1, 0.15) is 5.82 Å². The van der Waals surface area contributed by atoms with E-state index in [1.54, 1.807) is 6.20 Å². The van der Waals surface area contributed by atoms with E-state index in [-0.39, 0.29) is 6.04 Å². The molecule has 5 heteroatoms. The van der Waals surface area contributed by atoms with Crippen molar-refractivity contribution >= 4 is 0 Å². The molecule has 0 amide bonds. The average Bonchev–Trinajstić information content (AvgIpc) is 2.83. The van der Waals surface area contributed by atoms with Gasteiger partial charge in [-0.05, 0) is 11.6 Å². The van der Waals surface area contributed by atoms with E-state index >= 15 is 0 Å². The average molecular weight is 243 g/mol. The predicted molar refractivity (Wildman–Crippen MR) is 68.2 cm³/mol. The SMILES string of the molecule is CC(C)c1nnc2n1CCNC2c1cccnc1. The summed E-state index contributed by atoms with van der Waals surface area (Å²) >= 11 is 0. The summed E-state index contributed by atoms with van der Waals surface area (Å²) in [6.45, 7) is 6.17. The molecule has 1 unspecified atom stereocenters. The molecule has 1 atom stereocenters. The van der Waals surface area contributed by atoms with Crippen molar-refractivity contribution in [2.45, 2.75) is 32.4 Å². The van der Waals surface area contributed by atoms with Gasteiger partial charge in [0.15, 0.2) is 5.82 Å². The molecular formula is C13H17N5. The molecule has 2 aromatic rings. The number of pyridine rings is 1. The van der Waals surface area contributed by atoms with Crippen LogP contribution in [0.1, 0.15) is 43.0 Å². The molecule has 0 fully saturated rings. The van der Waals surface area contributed by atoms with Crippen LogP contribution in [0.15, 0.2) is 24.5 Å². The van der Waals surface area contributed by atoms with Crippen molar-refractivity contribution in [1.29, 1.82) is 0 Å². The monoisotopic (exact) mass is 243 g/mol. The first kappa shape index (κ1) is 11.3. The highest BCUT2D eigenvalue weighted by Gasteiger charge is 2.26. The molecule has 1 aliphatic heterocycles. The van der Waals surface area contributed by atoms with Gasteiger partial charge >= 0.3 is 0 Å². The number of hydrogen-bond donors (Lipinski definition) is 1. The molecule has 2 aromatic heterocycles. The highest BCUT2D eigenvalue weighted by molar-refractivity contribution is 5.23. The number of rotatable bonds is 2. The number of fused-ring (bicyclic) bond motifs is 1. The molecule has 3 heterocycles. The van der Waals surface area contributed by atoms with Gasteiger partial charge in [-0.25, -0.2) is 0 Å². The molecule has 94 valence electrons. The first-order valence-corrected chi connectivity index (χ1v) is 6.33. The number of hydrogen-bond acceptors (Lipinski definition) is 4. The summed E-state index contributed by atoms with van der Waals surface area (Å²) in [7, 11) is 0. The molecule has 5 nitrogen and oxygen atoms in total. The number of aromatic nitrogens is 4. The van der Waals surface area contributed by atoms with Crippen LogP contribution in [0.3, 0.4) is 0 Å². The van der Waals surface area contributed by atoms with Gasteiger partial charge in [0, 0.05) is 31.4 Å². The summed E-state index contributed by atoms with van der Waals surface area (Å²) in [5.74, 6) is 2.47. The van der Waals surface area contributed by atoms with Crippen LogP contribution in [-0.2, 0) is 6.54 Å². The van der Waals surface area contributed by atoms with E-state index in [1.165, 1.54) is 0 Å². The third-order valence-corrected chi connectivity index (χ3v) is 3.28. The molecule has 0 saturated heterocycles. The van der Waals surface area contributed by atoms with Crippen LogP contribution in [-0.4, -0.2) is 26.3 Å². The molecule has 3 rings (SSSR count). The van der Waals surface area contributed by atoms with Crippen LogP contribution in [0.5, 0.6) is 0 Å². The Morgan fingerprint density at radius 1 is 1.39 bits per heavy atom. The molecule has 0 radical (unpaired) electrons. The Hall–Kier alpha value is -1.75. The quantitative estimate of drug-likeness (QED) is 0.868. The minimum atomic E-state index is 0.104. The summed E-state index contributed by atoms with van der Waals surface area (Å²) in [6.07, 6.45) is 3.67. The molecule has 1 aliphatic rings. The highest BCUT2D eigenvalue weighted by Crippen LogP contribution is 2.25. The second-order valence-corrected chi connectivity index (χ2v) is 4.90. The minimum absolute atomic E-state index is 0.104. The summed E-state index contributed by atoms with van der Waals surface area (Å²) in [6, 6.07) is 4.13. The van der Waals surface area contributed by atoms with E-state index in [0.29, 0.717) is 5.92 Å². The van der Waals surface area contributed by atoms with Crippen molar-refractivity contribution in [3.05, 3.63) is 41.7 Å². The molecule has 0 aromatic carbocycles. The molecule has 0 aliphatic carbocycles. The molecule has 1 N–H and O–H groups in total. The fraction of sp³-hybridized carbons (Fsp3) is 0.462. The van der Waals surface area contributed by atoms with Crippen molar-refractivity contribution in [2.24, 2.45) is 0 Å². The normalized spacial score (nSPS) is 18.9. The van der Waals surface area contributed by atoms with Gasteiger partial charge in [-0.15, -0.1) is 10.2 Å². The molecular weight excluding hydrogens is 226 g/mol. The van der Waals surface area contributed by atoms with Gasteiger partial charge in [-0.2, -0.15) is 0 Å². The molecule has 0 spiro atoms. The lowest BCUT2D eigenvalue weighted by atomic mass is 10.1. The third-order valence-electron chi connectivity index (χ3n) is 3.28. The Morgan fingerprint density at radius 2 is 2.28 bits per heavy atom. The Bertz CT molecular complexity index is 532. The van der Waals surface area contributed by atoms with Crippen molar-refractivity contribution < 1.29 is 0 Å². The van der Waals surface area contributed by atoms with Crippen LogP contribution in [0.4, 0.5) is 0 Å². The first-order valence-electron chi connectivity index (χ1n) is 6.33. The summed E-state index contributed by atoms with van der Waals surface area (Å²) in [4.78, 5) is 4.18. The van der Waals surface area contributed by atoms with Gasteiger partial charge in [-0.1, -0.05) is 19.9 Å². The van der Waals surface area contributed by atoms with Crippen molar-refractivity contribution in [2.75, 3.05) is 6.54 Å². The maximum absolute atomic E-state index is 4.36. The summed E-state index contributed by atoms with van der Waals surface area (Å²) in [5.41, 5.74) is 1.14. The maximum Gasteiger partial charge on any atom is 0.154 e. The molecule has 0 saturated carbocycles. The Morgan fingerprint density at radius 3 is 3.00 bits per heavy atom. The topological polar surface area (TPSA) is 55.6 Å². The lowest BCUT2D eigenvalue weighted by molar-refractivity contribution is 0.442. The zero-order valence-corrected chi connectivity index (χ0v) is 10.7. The zero-order chi connectivity index (χ0) is 12.5. The fourth-order valence-corrected chi connectivity index (χ4v) is 2.42. The van der Waals surface area contributed by atoms with E-state index < -0.39 is 0 Å². The van der Waals surface area contributed by atoms with Crippen LogP contribution >= 0.6 is 0 Å². The Balaban J connectivity index is 2.03. The zero-order valence-electron chi connectivity index (χ0n) is 10.7. The highest BCUT2D eigenvalue weighted by atomic mass is 15.3. The van der Waals surface area contributed by atoms with Gasteiger partial charge in [0.05, 0.1) is 6.04 Å². The van der Waals surface area contributed by atoms with E-state index in [0.717, 1.165) is 30.3 Å². The van der Waals surface area contributed by atoms with Gasteiger partial charge in [0.2, 0.25) is 0 Å². The van der Waals surface area contributed by atoms with Crippen molar-refractivity contribution in [3.8, 4) is 0 Å². The predicted octanol–water partition coefficient (Wildman–Crippen LogP) is 1.49. The fourth-order valence-electron chi connectivity index (χ4n) is 2.42. The first-order chi connectivity index (χ1) is 8.77. The second-order valence-electron chi connectivity index (χ2n) is 4.90. The Kier molecular flexibility index (Phi) is 2.83. The molecule has 0 bridgehead atoms. The largest absolute Gasteiger partial charge is 0.312 e. The van der Waals surface area contributed by atoms with Crippen LogP contribution in [0, 0.1) is 0 Å². The minimum Gasteiger partial charge on any atom is -0.312 e. The van der Waals surface area contributed by atoms with Gasteiger partial charge in [0.25, 0.3) is 0 Å². The third kappa shape index (κ3) is 1.80. The van der Waals surface area contributed by atoms with Crippen LogP contribution in [0.2, 0.25) is 0 Å². The van der Waals surface area contributed by atoms with Crippen molar-refractivity contribution in [3.63, 3.8) is 0 Å². The lowest BCUT2D eigenvalue weighted by Crippen LogP contribution is -2.35. The standard InChI is InChI=1S/C13H17N5/c1-9(2)12-16-17-13-11(15-6-7-18(12)13)10-4-3-5-14-8-10/h3-5,8-9,11,15H,6-7H2,1-2H3. The number of nitrogens with zero attached hydrogens (tertiary/aromatic N) is 4. The Labute approximate surface area is 106 Å². The summed E-state index contributed by atoms with van der Waals surface area (Å²) in [5, 5.41) is 12.2. The van der Waals surface area contributed by atoms with Crippen LogP contribution < -0.4 is 5.32 Å². The van der Waals surface area contributed by atoms with Gasteiger partial charge in [-0.3, -0.25) is 4.98 Å².